The molecule has 34 heavy (non-hydrogen) atoms. The number of benzene rings is 2. The zero-order chi connectivity index (χ0) is 23.9. The van der Waals surface area contributed by atoms with Crippen molar-refractivity contribution in [1.82, 2.24) is 15.1 Å². The van der Waals surface area contributed by atoms with Crippen molar-refractivity contribution < 1.29 is 24.2 Å². The molecule has 0 spiro atoms. The molecule has 1 aliphatic rings. The molecule has 1 aromatic heterocycles. The van der Waals surface area contributed by atoms with Gasteiger partial charge in [0.25, 0.3) is 0 Å². The molecule has 1 unspecified atom stereocenters. The van der Waals surface area contributed by atoms with Crippen LogP contribution in [0.15, 0.2) is 42.5 Å². The van der Waals surface area contributed by atoms with Crippen molar-refractivity contribution in [2.75, 3.05) is 38.4 Å². The first-order chi connectivity index (χ1) is 16.6. The number of nitrogens with one attached hydrogen (secondary N) is 1. The lowest BCUT2D eigenvalue weighted by Gasteiger charge is -2.32. The van der Waals surface area contributed by atoms with Crippen LogP contribution < -0.4 is 10.1 Å². The number of likely N-dealkylation sites (tertiary alicyclic amines) is 1. The predicted octanol–water partition coefficient (Wildman–Crippen LogP) is 3.44. The molecule has 1 atom stereocenters. The molecule has 0 aliphatic carbocycles. The third-order valence-corrected chi connectivity index (χ3v) is 5.79. The quantitative estimate of drug-likeness (QED) is 0.264. The molecule has 0 bridgehead atoms. The van der Waals surface area contributed by atoms with Gasteiger partial charge in [-0.15, -0.1) is 10.2 Å². The molecular weight excluding hydrogens is 436 g/mol. The van der Waals surface area contributed by atoms with E-state index in [9.17, 15) is 9.59 Å². The van der Waals surface area contributed by atoms with Crippen molar-refractivity contribution in [1.29, 1.82) is 0 Å². The molecule has 2 heterocycles. The molecule has 1 fully saturated rings. The van der Waals surface area contributed by atoms with Crippen LogP contribution in [0.1, 0.15) is 30.1 Å². The fourth-order valence-corrected chi connectivity index (χ4v) is 4.23. The van der Waals surface area contributed by atoms with E-state index in [1.807, 2.05) is 36.1 Å². The van der Waals surface area contributed by atoms with Crippen LogP contribution in [0.25, 0.3) is 22.0 Å². The lowest BCUT2D eigenvalue weighted by atomic mass is 10.0. The topological polar surface area (TPSA) is 114 Å². The van der Waals surface area contributed by atoms with Gasteiger partial charge >= 0.3 is 5.97 Å². The maximum atomic E-state index is 11.3. The van der Waals surface area contributed by atoms with Crippen molar-refractivity contribution in [3.05, 3.63) is 48.0 Å². The lowest BCUT2D eigenvalue weighted by molar-refractivity contribution is -0.138. The Hall–Kier alpha value is -3.56. The van der Waals surface area contributed by atoms with Crippen LogP contribution in [0.5, 0.6) is 5.75 Å². The summed E-state index contributed by atoms with van der Waals surface area (Å²) in [4.78, 5) is 24.3. The Labute approximate surface area is 197 Å². The fraction of sp³-hybridized carbons (Fsp3) is 0.360. The Kier molecular flexibility index (Phi) is 7.66. The van der Waals surface area contributed by atoms with Crippen LogP contribution in [-0.2, 0) is 9.53 Å². The monoisotopic (exact) mass is 464 g/mol. The molecule has 4 rings (SSSR count). The van der Waals surface area contributed by atoms with Gasteiger partial charge in [0.15, 0.2) is 12.6 Å². The molecule has 2 aromatic carbocycles. The summed E-state index contributed by atoms with van der Waals surface area (Å²) >= 11 is 0. The van der Waals surface area contributed by atoms with Crippen molar-refractivity contribution in [2.24, 2.45) is 0 Å². The van der Waals surface area contributed by atoms with Crippen LogP contribution in [0.2, 0.25) is 0 Å². The number of piperidine rings is 1. The smallest absolute Gasteiger partial charge is 0.317 e. The average Bonchev–Trinajstić information content (AvgIpc) is 2.84. The van der Waals surface area contributed by atoms with E-state index in [4.69, 9.17) is 14.6 Å². The van der Waals surface area contributed by atoms with Gasteiger partial charge in [-0.05, 0) is 38.4 Å². The van der Waals surface area contributed by atoms with Crippen LogP contribution in [0.3, 0.4) is 0 Å². The summed E-state index contributed by atoms with van der Waals surface area (Å²) in [6, 6.07) is 13.1. The van der Waals surface area contributed by atoms with Crippen LogP contribution >= 0.6 is 0 Å². The second-order valence-electron chi connectivity index (χ2n) is 8.18. The second kappa shape index (κ2) is 11.0. The number of hydrogen-bond donors (Lipinski definition) is 2. The highest BCUT2D eigenvalue weighted by molar-refractivity contribution is 6.01. The Balaban J connectivity index is 1.66. The van der Waals surface area contributed by atoms with E-state index in [0.29, 0.717) is 41.5 Å². The molecule has 1 aliphatic heterocycles. The van der Waals surface area contributed by atoms with Gasteiger partial charge in [-0.25, -0.2) is 0 Å². The van der Waals surface area contributed by atoms with Crippen LogP contribution in [0.4, 0.5) is 5.82 Å². The highest BCUT2D eigenvalue weighted by Crippen LogP contribution is 2.36. The number of carbonyl (C=O) groups is 2. The molecule has 2 N–H and O–H groups in total. The number of fused-ring (bicyclic) bond motifs is 1. The molecule has 9 nitrogen and oxygen atoms in total. The first kappa shape index (κ1) is 23.6. The number of hydrogen-bond acceptors (Lipinski definition) is 8. The molecular formula is C25H28N4O5. The summed E-state index contributed by atoms with van der Waals surface area (Å²) < 4.78 is 11.1. The number of anilines is 1. The zero-order valence-electron chi connectivity index (χ0n) is 19.1. The average molecular weight is 465 g/mol. The van der Waals surface area contributed by atoms with E-state index in [-0.39, 0.29) is 19.4 Å². The van der Waals surface area contributed by atoms with Gasteiger partial charge in [0.05, 0.1) is 6.54 Å². The van der Waals surface area contributed by atoms with Crippen LogP contribution in [-0.4, -0.2) is 71.5 Å². The Morgan fingerprint density at radius 3 is 2.82 bits per heavy atom. The van der Waals surface area contributed by atoms with E-state index in [0.717, 1.165) is 36.4 Å². The van der Waals surface area contributed by atoms with Gasteiger partial charge in [-0.1, -0.05) is 30.3 Å². The zero-order valence-corrected chi connectivity index (χ0v) is 19.1. The Morgan fingerprint density at radius 1 is 1.24 bits per heavy atom. The summed E-state index contributed by atoms with van der Waals surface area (Å²) in [6.45, 7) is 3.89. The second-order valence-corrected chi connectivity index (χ2v) is 8.18. The fourth-order valence-electron chi connectivity index (χ4n) is 4.23. The van der Waals surface area contributed by atoms with Gasteiger partial charge in [0.2, 0.25) is 0 Å². The minimum Gasteiger partial charge on any atom is -0.480 e. The summed E-state index contributed by atoms with van der Waals surface area (Å²) in [5.41, 5.74) is 1.85. The number of nitrogens with zero attached hydrogens (tertiary/aromatic N) is 3. The third-order valence-electron chi connectivity index (χ3n) is 5.79. The molecule has 178 valence electrons. The predicted molar refractivity (Wildman–Crippen MR) is 128 cm³/mol. The summed E-state index contributed by atoms with van der Waals surface area (Å²) in [5.74, 6) is 0.329. The van der Waals surface area contributed by atoms with E-state index in [2.05, 4.69) is 15.5 Å². The number of aromatic nitrogens is 2. The minimum absolute atomic E-state index is 0.0326. The van der Waals surface area contributed by atoms with Crippen molar-refractivity contribution in [2.45, 2.75) is 25.8 Å². The first-order valence-corrected chi connectivity index (χ1v) is 11.3. The number of aliphatic carboxylic acids is 1. The molecule has 0 radical (unpaired) electrons. The molecule has 0 amide bonds. The molecule has 1 saturated heterocycles. The van der Waals surface area contributed by atoms with Gasteiger partial charge in [-0.2, -0.15) is 0 Å². The van der Waals surface area contributed by atoms with E-state index >= 15 is 0 Å². The first-order valence-electron chi connectivity index (χ1n) is 11.3. The van der Waals surface area contributed by atoms with Crippen LogP contribution in [0, 0.1) is 0 Å². The SMILES string of the molecule is CCOCOc1cc(C=O)ccc1-c1nnc(NC2CCCN(CC(=O)O)C2)c2ccccc12. The van der Waals surface area contributed by atoms with Crippen molar-refractivity contribution in [3.63, 3.8) is 0 Å². The number of carboxylic acids is 1. The standard InChI is InChI=1S/C25H28N4O5/c1-2-33-16-34-22-12-17(15-30)9-10-21(22)24-19-7-3-4-8-20(19)25(28-27-24)26-18-6-5-11-29(13-18)14-23(31)32/h3-4,7-10,12,15,18H,2,5-6,11,13-14,16H2,1H3,(H,26,28)(H,31,32). The van der Waals surface area contributed by atoms with Crippen molar-refractivity contribution >= 4 is 28.8 Å². The highest BCUT2D eigenvalue weighted by Gasteiger charge is 2.23. The van der Waals surface area contributed by atoms with Gasteiger partial charge in [-0.3, -0.25) is 14.5 Å². The number of ether oxygens (including phenoxy) is 2. The summed E-state index contributed by atoms with van der Waals surface area (Å²) in [6.07, 6.45) is 2.61. The van der Waals surface area contributed by atoms with E-state index in [1.165, 1.54) is 0 Å². The lowest BCUT2D eigenvalue weighted by Crippen LogP contribution is -2.44. The Bertz CT molecular complexity index is 1170. The summed E-state index contributed by atoms with van der Waals surface area (Å²) in [7, 11) is 0. The van der Waals surface area contributed by atoms with Gasteiger partial charge in [0.1, 0.15) is 17.7 Å². The number of aldehydes is 1. The molecule has 0 saturated carbocycles. The number of rotatable bonds is 10. The minimum atomic E-state index is -0.821. The van der Waals surface area contributed by atoms with Gasteiger partial charge < -0.3 is 19.9 Å². The van der Waals surface area contributed by atoms with Gasteiger partial charge in [0, 0.05) is 41.1 Å². The molecule has 9 heteroatoms. The normalized spacial score (nSPS) is 16.3. The Morgan fingerprint density at radius 2 is 2.06 bits per heavy atom. The number of carbonyl (C=O) groups excluding carboxylic acids is 1. The summed E-state index contributed by atoms with van der Waals surface area (Å²) in [5, 5.41) is 23.4. The van der Waals surface area contributed by atoms with E-state index in [1.54, 1.807) is 18.2 Å². The highest BCUT2D eigenvalue weighted by atomic mass is 16.7. The third kappa shape index (κ3) is 5.49. The maximum absolute atomic E-state index is 11.3. The van der Waals surface area contributed by atoms with Crippen molar-refractivity contribution in [3.8, 4) is 17.0 Å². The maximum Gasteiger partial charge on any atom is 0.317 e. The van der Waals surface area contributed by atoms with E-state index < -0.39 is 5.97 Å². The molecule has 3 aromatic rings. The number of carboxylic acid groups (broad SMARTS) is 1. The largest absolute Gasteiger partial charge is 0.480 e.